The molecular weight excluding hydrogens is 312 g/mol. The van der Waals surface area contributed by atoms with Crippen molar-refractivity contribution in [2.24, 2.45) is 0 Å². The fraction of sp³-hybridized carbons (Fsp3) is 0.500. The summed E-state index contributed by atoms with van der Waals surface area (Å²) in [6.45, 7) is 4.15. The van der Waals surface area contributed by atoms with E-state index in [1.54, 1.807) is 0 Å². The van der Waals surface area contributed by atoms with Crippen molar-refractivity contribution in [1.29, 1.82) is 0 Å². The van der Waals surface area contributed by atoms with Gasteiger partial charge in [-0.1, -0.05) is 15.9 Å². The van der Waals surface area contributed by atoms with E-state index in [1.165, 1.54) is 7.11 Å². The molecule has 1 N–H and O–H groups in total. The van der Waals surface area contributed by atoms with Crippen molar-refractivity contribution in [3.8, 4) is 5.75 Å². The highest BCUT2D eigenvalue weighted by Crippen LogP contribution is 2.23. The fourth-order valence-corrected chi connectivity index (χ4v) is 2.23. The minimum Gasteiger partial charge on any atom is -0.491 e. The Bertz CT molecular complexity index is 422. The van der Waals surface area contributed by atoms with Crippen LogP contribution in [0.1, 0.15) is 21.5 Å². The average Bonchev–Trinajstić information content (AvgIpc) is 2.35. The van der Waals surface area contributed by atoms with Gasteiger partial charge in [0.05, 0.1) is 11.9 Å². The molecule has 1 unspecified atom stereocenters. The number of carbonyl (C=O) groups excluding carboxylic acids is 1. The maximum Gasteiger partial charge on any atom is 0.173 e. The maximum absolute atomic E-state index is 11.8. The molecule has 0 fully saturated rings. The van der Waals surface area contributed by atoms with Crippen LogP contribution >= 0.6 is 15.9 Å². The number of hydrogen-bond donors (Lipinski definition) is 1. The molecule has 106 valence electrons. The number of rotatable bonds is 7. The number of benzene rings is 1. The second-order valence-corrected chi connectivity index (χ2v) is 4.97. The minimum absolute atomic E-state index is 0.0565. The molecule has 0 bridgehead atoms. The Hall–Kier alpha value is -0.910. The van der Waals surface area contributed by atoms with E-state index in [0.29, 0.717) is 11.1 Å². The van der Waals surface area contributed by atoms with E-state index in [-0.39, 0.29) is 19.0 Å². The Morgan fingerprint density at radius 2 is 1.89 bits per heavy atom. The van der Waals surface area contributed by atoms with Crippen LogP contribution in [0.3, 0.4) is 0 Å². The lowest BCUT2D eigenvalue weighted by Crippen LogP contribution is -2.22. The molecule has 0 aliphatic carbocycles. The predicted octanol–water partition coefficient (Wildman–Crippen LogP) is 2.27. The van der Waals surface area contributed by atoms with Gasteiger partial charge in [-0.2, -0.15) is 0 Å². The third-order valence-electron chi connectivity index (χ3n) is 2.71. The maximum atomic E-state index is 11.8. The van der Waals surface area contributed by atoms with Crippen LogP contribution in [-0.4, -0.2) is 42.6 Å². The number of alkyl halides is 1. The topological polar surface area (TPSA) is 55.8 Å². The molecule has 0 saturated carbocycles. The Kier molecular flexibility index (Phi) is 6.48. The molecule has 0 amide bonds. The number of hydrogen-bond acceptors (Lipinski definition) is 4. The van der Waals surface area contributed by atoms with E-state index in [9.17, 15) is 9.90 Å². The van der Waals surface area contributed by atoms with Crippen LogP contribution in [0.2, 0.25) is 0 Å². The highest BCUT2D eigenvalue weighted by atomic mass is 79.9. The number of aliphatic hydroxyl groups excluding tert-OH is 1. The summed E-state index contributed by atoms with van der Waals surface area (Å²) in [6, 6.07) is 3.62. The molecular formula is C14H19BrO4. The van der Waals surface area contributed by atoms with Crippen molar-refractivity contribution in [1.82, 2.24) is 0 Å². The van der Waals surface area contributed by atoms with Crippen molar-refractivity contribution in [3.63, 3.8) is 0 Å². The van der Waals surface area contributed by atoms with E-state index >= 15 is 0 Å². The molecule has 0 saturated heterocycles. The Morgan fingerprint density at radius 3 is 2.37 bits per heavy atom. The van der Waals surface area contributed by atoms with Gasteiger partial charge in [0, 0.05) is 12.7 Å². The predicted molar refractivity (Wildman–Crippen MR) is 77.4 cm³/mol. The zero-order chi connectivity index (χ0) is 14.4. The highest BCUT2D eigenvalue weighted by molar-refractivity contribution is 9.09. The van der Waals surface area contributed by atoms with Gasteiger partial charge in [0.2, 0.25) is 0 Å². The van der Waals surface area contributed by atoms with Crippen LogP contribution in [0.5, 0.6) is 5.75 Å². The van der Waals surface area contributed by atoms with E-state index in [2.05, 4.69) is 15.9 Å². The Morgan fingerprint density at radius 1 is 1.32 bits per heavy atom. The van der Waals surface area contributed by atoms with Crippen LogP contribution in [0.25, 0.3) is 0 Å². The van der Waals surface area contributed by atoms with Gasteiger partial charge >= 0.3 is 0 Å². The quantitative estimate of drug-likeness (QED) is 0.615. The molecule has 0 aliphatic rings. The van der Waals surface area contributed by atoms with Crippen molar-refractivity contribution < 1.29 is 19.4 Å². The summed E-state index contributed by atoms with van der Waals surface area (Å²) in [4.78, 5) is 11.8. The first-order chi connectivity index (χ1) is 8.99. The Labute approximate surface area is 121 Å². The number of aryl methyl sites for hydroxylation is 2. The lowest BCUT2D eigenvalue weighted by atomic mass is 9.99. The first-order valence-electron chi connectivity index (χ1n) is 5.99. The summed E-state index contributed by atoms with van der Waals surface area (Å²) in [5.74, 6) is 0.706. The van der Waals surface area contributed by atoms with Gasteiger partial charge in [-0.3, -0.25) is 4.79 Å². The Balaban J connectivity index is 2.80. The van der Waals surface area contributed by atoms with Gasteiger partial charge in [-0.05, 0) is 37.1 Å². The van der Waals surface area contributed by atoms with Crippen molar-refractivity contribution in [2.45, 2.75) is 20.0 Å². The third-order valence-corrected chi connectivity index (χ3v) is 3.22. The molecule has 19 heavy (non-hydrogen) atoms. The van der Waals surface area contributed by atoms with Crippen LogP contribution in [0, 0.1) is 13.8 Å². The van der Waals surface area contributed by atoms with Gasteiger partial charge in [0.15, 0.2) is 5.78 Å². The van der Waals surface area contributed by atoms with Crippen LogP contribution in [0.4, 0.5) is 0 Å². The number of halogens is 1. The van der Waals surface area contributed by atoms with Crippen LogP contribution < -0.4 is 4.74 Å². The molecule has 0 radical (unpaired) electrons. The average molecular weight is 331 g/mol. The second kappa shape index (κ2) is 7.62. The zero-order valence-electron chi connectivity index (χ0n) is 11.4. The van der Waals surface area contributed by atoms with Gasteiger partial charge in [0.1, 0.15) is 18.5 Å². The minimum atomic E-state index is -0.658. The van der Waals surface area contributed by atoms with Crippen LogP contribution in [0.15, 0.2) is 12.1 Å². The molecule has 1 aromatic rings. The fourth-order valence-electron chi connectivity index (χ4n) is 1.95. The number of carbonyl (C=O) groups is 1. The van der Waals surface area contributed by atoms with Gasteiger partial charge < -0.3 is 14.6 Å². The number of aliphatic hydroxyl groups is 1. The first-order valence-corrected chi connectivity index (χ1v) is 7.12. The SMILES string of the molecule is COCC(O)COc1cc(C)c(C(=O)CBr)c(C)c1. The molecule has 0 aromatic heterocycles. The molecule has 1 aromatic carbocycles. The van der Waals surface area contributed by atoms with Crippen LogP contribution in [-0.2, 0) is 4.74 Å². The van der Waals surface area contributed by atoms with E-state index < -0.39 is 6.10 Å². The molecule has 0 spiro atoms. The first kappa shape index (κ1) is 16.1. The number of Topliss-reactive ketones (excluding diaryl/α,β-unsaturated/α-hetero) is 1. The second-order valence-electron chi connectivity index (χ2n) is 4.41. The molecule has 0 aliphatic heterocycles. The number of ether oxygens (including phenoxy) is 2. The van der Waals surface area contributed by atoms with Gasteiger partial charge in [-0.15, -0.1) is 0 Å². The van der Waals surface area contributed by atoms with Gasteiger partial charge in [0.25, 0.3) is 0 Å². The lowest BCUT2D eigenvalue weighted by molar-refractivity contribution is 0.0325. The van der Waals surface area contributed by atoms with E-state index in [4.69, 9.17) is 9.47 Å². The smallest absolute Gasteiger partial charge is 0.173 e. The molecule has 5 heteroatoms. The van der Waals surface area contributed by atoms with Crippen molar-refractivity contribution >= 4 is 21.7 Å². The normalized spacial score (nSPS) is 12.3. The zero-order valence-corrected chi connectivity index (χ0v) is 13.0. The summed E-state index contributed by atoms with van der Waals surface area (Å²) in [5.41, 5.74) is 2.48. The summed E-state index contributed by atoms with van der Waals surface area (Å²) in [7, 11) is 1.53. The largest absolute Gasteiger partial charge is 0.491 e. The monoisotopic (exact) mass is 330 g/mol. The molecule has 1 atom stereocenters. The summed E-state index contributed by atoms with van der Waals surface area (Å²) < 4.78 is 10.3. The highest BCUT2D eigenvalue weighted by Gasteiger charge is 2.13. The number of methoxy groups -OCH3 is 1. The van der Waals surface area contributed by atoms with Crippen molar-refractivity contribution in [3.05, 3.63) is 28.8 Å². The third kappa shape index (κ3) is 4.60. The summed E-state index contributed by atoms with van der Waals surface area (Å²) in [5, 5.41) is 9.83. The summed E-state index contributed by atoms with van der Waals surface area (Å²) in [6.07, 6.45) is -0.658. The molecule has 4 nitrogen and oxygen atoms in total. The molecule has 1 rings (SSSR count). The van der Waals surface area contributed by atoms with E-state index in [1.807, 2.05) is 26.0 Å². The van der Waals surface area contributed by atoms with E-state index in [0.717, 1.165) is 16.7 Å². The molecule has 0 heterocycles. The lowest BCUT2D eigenvalue weighted by Gasteiger charge is -2.14. The van der Waals surface area contributed by atoms with Crippen molar-refractivity contribution in [2.75, 3.05) is 25.7 Å². The number of ketones is 1. The van der Waals surface area contributed by atoms with Gasteiger partial charge in [-0.25, -0.2) is 0 Å². The summed E-state index contributed by atoms with van der Waals surface area (Å²) >= 11 is 3.18. The standard InChI is InChI=1S/C14H19BrO4/c1-9-4-12(19-8-11(16)7-18-3)5-10(2)14(9)13(17)6-15/h4-5,11,16H,6-8H2,1-3H3.